The fourth-order valence-corrected chi connectivity index (χ4v) is 3.72. The lowest BCUT2D eigenvalue weighted by Gasteiger charge is -2.12. The molecule has 2 aromatic carbocycles. The summed E-state index contributed by atoms with van der Waals surface area (Å²) in [4.78, 5) is 21.3. The molecule has 2 aromatic heterocycles. The molecule has 5 rings (SSSR count). The number of carbonyl (C=O) groups excluding carboxylic acids is 1. The normalized spacial score (nSPS) is 13.6. The second kappa shape index (κ2) is 8.18. The van der Waals surface area contributed by atoms with Crippen molar-refractivity contribution in [3.05, 3.63) is 59.8 Å². The Hall–Kier alpha value is -3.55. The minimum absolute atomic E-state index is 0.0909. The highest BCUT2D eigenvalue weighted by molar-refractivity contribution is 5.95. The third-order valence-electron chi connectivity index (χ3n) is 5.64. The lowest BCUT2D eigenvalue weighted by molar-refractivity contribution is 0.0951. The van der Waals surface area contributed by atoms with E-state index in [0.717, 1.165) is 43.4 Å². The summed E-state index contributed by atoms with van der Waals surface area (Å²) in [7, 11) is 0. The summed E-state index contributed by atoms with van der Waals surface area (Å²) < 4.78 is 29.8. The van der Waals surface area contributed by atoms with Crippen molar-refractivity contribution >= 4 is 28.4 Å². The minimum atomic E-state index is -0.948. The number of rotatable bonds is 7. The van der Waals surface area contributed by atoms with E-state index in [4.69, 9.17) is 0 Å². The highest BCUT2D eigenvalue weighted by Crippen LogP contribution is 2.30. The zero-order valence-corrected chi connectivity index (χ0v) is 17.7. The monoisotopic (exact) mass is 435 g/mol. The molecule has 0 atom stereocenters. The molecule has 4 aromatic rings. The minimum Gasteiger partial charge on any atom is -0.367 e. The Morgan fingerprint density at radius 1 is 1.16 bits per heavy atom. The Kier molecular flexibility index (Phi) is 5.20. The Morgan fingerprint density at radius 2 is 1.91 bits per heavy atom. The zero-order valence-electron chi connectivity index (χ0n) is 17.7. The first kappa shape index (κ1) is 20.4. The van der Waals surface area contributed by atoms with E-state index >= 15 is 0 Å². The number of halogens is 2. The van der Waals surface area contributed by atoms with Crippen LogP contribution in [0.15, 0.2) is 42.6 Å². The van der Waals surface area contributed by atoms with Crippen LogP contribution in [0.5, 0.6) is 0 Å². The van der Waals surface area contributed by atoms with Gasteiger partial charge in [-0.25, -0.2) is 18.7 Å². The molecule has 164 valence electrons. The summed E-state index contributed by atoms with van der Waals surface area (Å²) in [5.41, 5.74) is 3.36. The second-order valence-electron chi connectivity index (χ2n) is 8.12. The molecule has 1 amide bonds. The van der Waals surface area contributed by atoms with Gasteiger partial charge < -0.3 is 10.6 Å². The van der Waals surface area contributed by atoms with Crippen molar-refractivity contribution < 1.29 is 13.6 Å². The van der Waals surface area contributed by atoms with E-state index in [9.17, 15) is 13.6 Å². The first-order valence-corrected chi connectivity index (χ1v) is 10.9. The Bertz CT molecular complexity index is 1310. The highest BCUT2D eigenvalue weighted by Gasteiger charge is 2.24. The van der Waals surface area contributed by atoms with Crippen molar-refractivity contribution in [1.82, 2.24) is 19.7 Å². The fraction of sp³-hybridized carbons (Fsp3) is 0.292. The van der Waals surface area contributed by atoms with Crippen molar-refractivity contribution in [2.24, 2.45) is 0 Å². The Labute approximate surface area is 183 Å². The van der Waals surface area contributed by atoms with Crippen LogP contribution < -0.4 is 10.6 Å². The standard InChI is InChI=1S/C24H23F2N5O/c1-2-3-10-27-22-23-28-13-21(31(23)20-12-18(26)17(25)11-19(20)30-22)14-4-6-15(7-5-14)24(32)29-16-8-9-16/h4-7,11-13,16H,2-3,8-10H2,1H3,(H,27,30)(H,29,32). The van der Waals surface area contributed by atoms with Gasteiger partial charge >= 0.3 is 0 Å². The number of hydrogen-bond acceptors (Lipinski definition) is 4. The number of hydrogen-bond donors (Lipinski definition) is 2. The predicted octanol–water partition coefficient (Wildman–Crippen LogP) is 4.93. The van der Waals surface area contributed by atoms with Gasteiger partial charge in [0.2, 0.25) is 0 Å². The smallest absolute Gasteiger partial charge is 0.251 e. The molecule has 8 heteroatoms. The summed E-state index contributed by atoms with van der Waals surface area (Å²) >= 11 is 0. The summed E-state index contributed by atoms with van der Waals surface area (Å²) in [6.07, 6.45) is 5.69. The van der Waals surface area contributed by atoms with Gasteiger partial charge in [-0.15, -0.1) is 0 Å². The van der Waals surface area contributed by atoms with Gasteiger partial charge in [0.25, 0.3) is 5.91 Å². The summed E-state index contributed by atoms with van der Waals surface area (Å²) in [5, 5.41) is 6.24. The SMILES string of the molecule is CCCCNc1nc2cc(F)c(F)cc2n2c(-c3ccc(C(=O)NC4CC4)cc3)cnc12. The van der Waals surface area contributed by atoms with E-state index in [0.29, 0.717) is 40.3 Å². The molecule has 0 aliphatic heterocycles. The number of aromatic nitrogens is 3. The predicted molar refractivity (Wildman–Crippen MR) is 120 cm³/mol. The molecule has 0 spiro atoms. The Morgan fingerprint density at radius 3 is 2.62 bits per heavy atom. The maximum atomic E-state index is 14.1. The largest absolute Gasteiger partial charge is 0.367 e. The van der Waals surface area contributed by atoms with E-state index < -0.39 is 11.6 Å². The molecular formula is C24H23F2N5O. The lowest BCUT2D eigenvalue weighted by atomic mass is 10.1. The van der Waals surface area contributed by atoms with Crippen LogP contribution in [0.25, 0.3) is 27.9 Å². The molecule has 2 heterocycles. The Balaban J connectivity index is 1.61. The van der Waals surface area contributed by atoms with E-state index in [2.05, 4.69) is 27.5 Å². The fourth-order valence-electron chi connectivity index (χ4n) is 3.72. The summed E-state index contributed by atoms with van der Waals surface area (Å²) in [6.45, 7) is 2.78. The summed E-state index contributed by atoms with van der Waals surface area (Å²) in [5.74, 6) is -1.47. The zero-order chi connectivity index (χ0) is 22.2. The van der Waals surface area contributed by atoms with Crippen LogP contribution >= 0.6 is 0 Å². The van der Waals surface area contributed by atoms with Gasteiger partial charge in [0, 0.05) is 35.8 Å². The average molecular weight is 435 g/mol. The quantitative estimate of drug-likeness (QED) is 0.404. The summed E-state index contributed by atoms with van der Waals surface area (Å²) in [6, 6.07) is 9.72. The maximum absolute atomic E-state index is 14.1. The maximum Gasteiger partial charge on any atom is 0.251 e. The molecule has 2 N–H and O–H groups in total. The molecule has 0 saturated heterocycles. The number of imidazole rings is 1. The molecular weight excluding hydrogens is 412 g/mol. The number of anilines is 1. The van der Waals surface area contributed by atoms with Crippen molar-refractivity contribution in [3.8, 4) is 11.3 Å². The number of nitrogens with one attached hydrogen (secondary N) is 2. The lowest BCUT2D eigenvalue weighted by Crippen LogP contribution is -2.25. The topological polar surface area (TPSA) is 71.3 Å². The van der Waals surface area contributed by atoms with Crippen LogP contribution in [0.4, 0.5) is 14.6 Å². The molecule has 0 unspecified atom stereocenters. The molecule has 0 bridgehead atoms. The molecule has 1 saturated carbocycles. The molecule has 1 aliphatic rings. The van der Waals surface area contributed by atoms with Crippen molar-refractivity contribution in [2.45, 2.75) is 38.6 Å². The van der Waals surface area contributed by atoms with Crippen LogP contribution in [-0.4, -0.2) is 32.9 Å². The van der Waals surface area contributed by atoms with E-state index in [1.54, 1.807) is 22.7 Å². The van der Waals surface area contributed by atoms with Crippen molar-refractivity contribution in [3.63, 3.8) is 0 Å². The van der Waals surface area contributed by atoms with Gasteiger partial charge in [0.1, 0.15) is 0 Å². The van der Waals surface area contributed by atoms with Gasteiger partial charge in [0.15, 0.2) is 23.1 Å². The van der Waals surface area contributed by atoms with Gasteiger partial charge in [0.05, 0.1) is 22.9 Å². The molecule has 6 nitrogen and oxygen atoms in total. The number of carbonyl (C=O) groups is 1. The van der Waals surface area contributed by atoms with Crippen LogP contribution in [0.1, 0.15) is 43.0 Å². The van der Waals surface area contributed by atoms with Crippen LogP contribution in [0.3, 0.4) is 0 Å². The van der Waals surface area contributed by atoms with E-state index in [-0.39, 0.29) is 11.9 Å². The molecule has 32 heavy (non-hydrogen) atoms. The molecule has 0 radical (unpaired) electrons. The van der Waals surface area contributed by atoms with Crippen LogP contribution in [0.2, 0.25) is 0 Å². The third-order valence-corrected chi connectivity index (χ3v) is 5.64. The van der Waals surface area contributed by atoms with Gasteiger partial charge in [-0.05, 0) is 31.4 Å². The second-order valence-corrected chi connectivity index (χ2v) is 8.12. The van der Waals surface area contributed by atoms with E-state index in [1.165, 1.54) is 0 Å². The number of unbranched alkanes of at least 4 members (excludes halogenated alkanes) is 1. The van der Waals surface area contributed by atoms with Gasteiger partial charge in [-0.1, -0.05) is 25.5 Å². The van der Waals surface area contributed by atoms with Crippen molar-refractivity contribution in [1.29, 1.82) is 0 Å². The third kappa shape index (κ3) is 3.77. The first-order valence-electron chi connectivity index (χ1n) is 10.9. The number of nitrogens with zero attached hydrogens (tertiary/aromatic N) is 3. The molecule has 1 fully saturated rings. The molecule has 1 aliphatic carbocycles. The van der Waals surface area contributed by atoms with Crippen molar-refractivity contribution in [2.75, 3.05) is 11.9 Å². The highest BCUT2D eigenvalue weighted by atomic mass is 19.2. The van der Waals surface area contributed by atoms with E-state index in [1.807, 2.05) is 12.1 Å². The average Bonchev–Trinajstić information content (AvgIpc) is 3.49. The van der Waals surface area contributed by atoms with Crippen LogP contribution in [-0.2, 0) is 0 Å². The van der Waals surface area contributed by atoms with Gasteiger partial charge in [-0.2, -0.15) is 0 Å². The van der Waals surface area contributed by atoms with Gasteiger partial charge in [-0.3, -0.25) is 9.20 Å². The number of benzene rings is 2. The van der Waals surface area contributed by atoms with Crippen LogP contribution in [0, 0.1) is 11.6 Å². The first-order chi connectivity index (χ1) is 15.5. The number of amides is 1. The number of fused-ring (bicyclic) bond motifs is 3.